The van der Waals surface area contributed by atoms with Crippen LogP contribution in [0.5, 0.6) is 0 Å². The fraction of sp³-hybridized carbons (Fsp3) is 0.406. The number of allylic oxidation sites excluding steroid dienone is 4. The number of aliphatic hydroxyl groups excluding tert-OH is 1. The maximum atomic E-state index is 13.7. The highest BCUT2D eigenvalue weighted by Crippen LogP contribution is 2.49. The second-order valence-electron chi connectivity index (χ2n) is 11.3. The zero-order valence-electron chi connectivity index (χ0n) is 23.4. The van der Waals surface area contributed by atoms with Crippen LogP contribution in [0.3, 0.4) is 0 Å². The highest BCUT2D eigenvalue weighted by molar-refractivity contribution is 5.95. The van der Waals surface area contributed by atoms with Crippen molar-refractivity contribution in [2.45, 2.75) is 81.9 Å². The Balaban J connectivity index is 1.43. The molecule has 0 radical (unpaired) electrons. The molecule has 4 aromatic rings. The molecule has 9 nitrogen and oxygen atoms in total. The van der Waals surface area contributed by atoms with E-state index in [9.17, 15) is 9.90 Å². The number of benzene rings is 2. The summed E-state index contributed by atoms with van der Waals surface area (Å²) in [4.78, 5) is 18.5. The summed E-state index contributed by atoms with van der Waals surface area (Å²) in [6.45, 7) is 2.66. The Labute approximate surface area is 239 Å². The van der Waals surface area contributed by atoms with Crippen LogP contribution in [0.1, 0.15) is 79.8 Å². The Morgan fingerprint density at radius 3 is 2.71 bits per heavy atom. The summed E-state index contributed by atoms with van der Waals surface area (Å²) in [5.74, 6) is 0.687. The van der Waals surface area contributed by atoms with Gasteiger partial charge in [0.1, 0.15) is 0 Å². The van der Waals surface area contributed by atoms with Crippen LogP contribution < -0.4 is 5.32 Å². The third-order valence-electron chi connectivity index (χ3n) is 8.67. The first-order valence-electron chi connectivity index (χ1n) is 14.7. The van der Waals surface area contributed by atoms with E-state index in [-0.39, 0.29) is 17.9 Å². The van der Waals surface area contributed by atoms with Crippen molar-refractivity contribution in [3.8, 4) is 0 Å². The standard InChI is InChI=1S/C32H37N7O2/c1-2-3-19-32(31-35-37-38-36-31)20-11-14-23(28(32)22-12-5-4-6-13-22)21-39-26-17-9-7-15-24(26)33-29(39)30(41)34-25-16-8-10-18-27(25)40/h4-7,9,11-15,17,20,25,27-28,40H,2-3,8,10,16,18-19,21H2,1H3,(H,34,41)(H,35,36,37,38). The van der Waals surface area contributed by atoms with Crippen molar-refractivity contribution < 1.29 is 9.90 Å². The molecule has 4 atom stereocenters. The number of tetrazole rings is 1. The molecule has 9 heteroatoms. The van der Waals surface area contributed by atoms with Crippen LogP contribution in [-0.2, 0) is 12.0 Å². The minimum Gasteiger partial charge on any atom is -0.391 e. The number of para-hydroxylation sites is 2. The van der Waals surface area contributed by atoms with E-state index < -0.39 is 11.5 Å². The van der Waals surface area contributed by atoms with Gasteiger partial charge < -0.3 is 15.0 Å². The fourth-order valence-corrected chi connectivity index (χ4v) is 6.64. The first-order valence-corrected chi connectivity index (χ1v) is 14.7. The molecule has 1 saturated carbocycles. The molecule has 2 aliphatic rings. The summed E-state index contributed by atoms with van der Waals surface area (Å²) in [6, 6.07) is 18.1. The van der Waals surface area contributed by atoms with Crippen LogP contribution in [0, 0.1) is 0 Å². The number of carbonyl (C=O) groups is 1. The number of aliphatic hydroxyl groups is 1. The molecule has 0 spiro atoms. The molecule has 1 fully saturated rings. The van der Waals surface area contributed by atoms with E-state index in [0.29, 0.717) is 24.6 Å². The molecule has 2 heterocycles. The van der Waals surface area contributed by atoms with Crippen molar-refractivity contribution >= 4 is 16.9 Å². The van der Waals surface area contributed by atoms with Crippen LogP contribution in [0.2, 0.25) is 0 Å². The van der Waals surface area contributed by atoms with E-state index in [1.807, 2.05) is 34.9 Å². The average molecular weight is 552 g/mol. The number of imidazole rings is 1. The molecule has 2 aliphatic carbocycles. The number of rotatable bonds is 9. The molecule has 212 valence electrons. The maximum absolute atomic E-state index is 13.7. The molecular weight excluding hydrogens is 514 g/mol. The molecule has 41 heavy (non-hydrogen) atoms. The smallest absolute Gasteiger partial charge is 0.287 e. The topological polar surface area (TPSA) is 122 Å². The van der Waals surface area contributed by atoms with Crippen LogP contribution in [0.15, 0.2) is 78.4 Å². The van der Waals surface area contributed by atoms with Gasteiger partial charge in [0.2, 0.25) is 0 Å². The summed E-state index contributed by atoms with van der Waals surface area (Å²) in [5.41, 5.74) is 3.45. The number of hydrogen-bond acceptors (Lipinski definition) is 6. The van der Waals surface area contributed by atoms with E-state index in [0.717, 1.165) is 60.7 Å². The number of amides is 1. The molecule has 3 N–H and O–H groups in total. The lowest BCUT2D eigenvalue weighted by atomic mass is 9.63. The van der Waals surface area contributed by atoms with Gasteiger partial charge in [-0.3, -0.25) is 4.79 Å². The molecule has 1 amide bonds. The number of fused-ring (bicyclic) bond motifs is 1. The van der Waals surface area contributed by atoms with E-state index >= 15 is 0 Å². The third kappa shape index (κ3) is 5.22. The monoisotopic (exact) mass is 551 g/mol. The number of hydrogen-bond donors (Lipinski definition) is 3. The van der Waals surface area contributed by atoms with Gasteiger partial charge in [-0.25, -0.2) is 4.98 Å². The minimum atomic E-state index is -0.534. The maximum Gasteiger partial charge on any atom is 0.287 e. The van der Waals surface area contributed by atoms with Gasteiger partial charge in [0.05, 0.1) is 28.6 Å². The first kappa shape index (κ1) is 27.1. The number of nitrogens with zero attached hydrogens (tertiary/aromatic N) is 5. The molecule has 0 bridgehead atoms. The van der Waals surface area contributed by atoms with Gasteiger partial charge in [-0.15, -0.1) is 10.2 Å². The summed E-state index contributed by atoms with van der Waals surface area (Å²) in [5, 5.41) is 29.3. The van der Waals surface area contributed by atoms with Crippen molar-refractivity contribution in [3.63, 3.8) is 0 Å². The second kappa shape index (κ2) is 11.8. The number of nitrogens with one attached hydrogen (secondary N) is 2. The largest absolute Gasteiger partial charge is 0.391 e. The number of carbonyl (C=O) groups excluding carboxylic acids is 1. The van der Waals surface area contributed by atoms with Crippen LogP contribution in [0.4, 0.5) is 0 Å². The lowest BCUT2D eigenvalue weighted by Crippen LogP contribution is -2.45. The van der Waals surface area contributed by atoms with Gasteiger partial charge in [-0.05, 0) is 42.5 Å². The molecule has 0 aliphatic heterocycles. The van der Waals surface area contributed by atoms with E-state index in [4.69, 9.17) is 4.98 Å². The zero-order valence-corrected chi connectivity index (χ0v) is 23.4. The van der Waals surface area contributed by atoms with E-state index in [2.05, 4.69) is 75.4 Å². The molecule has 2 aromatic heterocycles. The predicted molar refractivity (Wildman–Crippen MR) is 157 cm³/mol. The van der Waals surface area contributed by atoms with Gasteiger partial charge >= 0.3 is 0 Å². The van der Waals surface area contributed by atoms with Crippen molar-refractivity contribution in [2.75, 3.05) is 0 Å². The van der Waals surface area contributed by atoms with Gasteiger partial charge in [0.25, 0.3) is 5.91 Å². The quantitative estimate of drug-likeness (QED) is 0.269. The van der Waals surface area contributed by atoms with Gasteiger partial charge in [-0.2, -0.15) is 5.21 Å². The number of H-pyrrole nitrogens is 1. The second-order valence-corrected chi connectivity index (χ2v) is 11.3. The van der Waals surface area contributed by atoms with E-state index in [1.54, 1.807) is 0 Å². The predicted octanol–water partition coefficient (Wildman–Crippen LogP) is 4.99. The lowest BCUT2D eigenvalue weighted by molar-refractivity contribution is 0.0707. The van der Waals surface area contributed by atoms with Gasteiger partial charge in [0, 0.05) is 12.5 Å². The number of aromatic nitrogens is 6. The average Bonchev–Trinajstić information content (AvgIpc) is 3.67. The van der Waals surface area contributed by atoms with Gasteiger partial charge in [0.15, 0.2) is 11.6 Å². The number of aromatic amines is 1. The summed E-state index contributed by atoms with van der Waals surface area (Å²) < 4.78 is 2.02. The third-order valence-corrected chi connectivity index (χ3v) is 8.67. The SMILES string of the molecule is CCCCC1(c2nn[nH]n2)C=CC=C(Cn2c(C(=O)NC3CCCCC3O)nc3ccccc32)C1c1ccccc1. The van der Waals surface area contributed by atoms with Crippen molar-refractivity contribution in [1.82, 2.24) is 35.5 Å². The van der Waals surface area contributed by atoms with Crippen LogP contribution in [0.25, 0.3) is 11.0 Å². The minimum absolute atomic E-state index is 0.0740. The Bertz CT molecular complexity index is 1540. The normalized spacial score (nSPS) is 24.3. The zero-order chi connectivity index (χ0) is 28.2. The summed E-state index contributed by atoms with van der Waals surface area (Å²) in [7, 11) is 0. The molecule has 4 unspecified atom stereocenters. The highest BCUT2D eigenvalue weighted by Gasteiger charge is 2.45. The lowest BCUT2D eigenvalue weighted by Gasteiger charge is -2.40. The Kier molecular flexibility index (Phi) is 7.78. The number of unbranched alkanes of at least 4 members (excludes halogenated alkanes) is 1. The van der Waals surface area contributed by atoms with Crippen molar-refractivity contribution in [2.24, 2.45) is 0 Å². The molecule has 0 saturated heterocycles. The Hall–Kier alpha value is -4.11. The first-order chi connectivity index (χ1) is 20.1. The molecule has 2 aromatic carbocycles. The fourth-order valence-electron chi connectivity index (χ4n) is 6.64. The summed E-state index contributed by atoms with van der Waals surface area (Å²) in [6.07, 6.45) is 12.3. The van der Waals surface area contributed by atoms with Crippen molar-refractivity contribution in [1.29, 1.82) is 0 Å². The van der Waals surface area contributed by atoms with Gasteiger partial charge in [-0.1, -0.05) is 98.5 Å². The molecule has 6 rings (SSSR count). The Morgan fingerprint density at radius 1 is 1.12 bits per heavy atom. The van der Waals surface area contributed by atoms with Crippen LogP contribution >= 0.6 is 0 Å². The van der Waals surface area contributed by atoms with E-state index in [1.165, 1.54) is 0 Å². The summed E-state index contributed by atoms with van der Waals surface area (Å²) >= 11 is 0. The van der Waals surface area contributed by atoms with Crippen LogP contribution in [-0.4, -0.2) is 53.3 Å². The highest BCUT2D eigenvalue weighted by atomic mass is 16.3. The van der Waals surface area contributed by atoms with Crippen molar-refractivity contribution in [3.05, 3.63) is 95.6 Å². The molecular formula is C32H37N7O2. The Morgan fingerprint density at radius 2 is 1.93 bits per heavy atom.